The van der Waals surface area contributed by atoms with E-state index in [-0.39, 0.29) is 11.8 Å². The molecule has 1 aliphatic heterocycles. The number of rotatable bonds is 3. The first-order chi connectivity index (χ1) is 8.65. The summed E-state index contributed by atoms with van der Waals surface area (Å²) >= 11 is 0. The van der Waals surface area contributed by atoms with E-state index < -0.39 is 30.7 Å². The van der Waals surface area contributed by atoms with Gasteiger partial charge in [0.05, 0.1) is 12.1 Å². The van der Waals surface area contributed by atoms with Crippen LogP contribution in [0.15, 0.2) is 0 Å². The highest BCUT2D eigenvalue weighted by Crippen LogP contribution is 2.33. The van der Waals surface area contributed by atoms with Crippen LogP contribution in [0.2, 0.25) is 0 Å². The van der Waals surface area contributed by atoms with Crippen molar-refractivity contribution in [2.75, 3.05) is 6.54 Å². The summed E-state index contributed by atoms with van der Waals surface area (Å²) in [5.74, 6) is -0.707. The maximum Gasteiger partial charge on any atom is 0.397 e. The van der Waals surface area contributed by atoms with Crippen molar-refractivity contribution in [1.29, 1.82) is 0 Å². The number of aliphatic hydroxyl groups excluding tert-OH is 1. The van der Waals surface area contributed by atoms with Gasteiger partial charge in [-0.1, -0.05) is 20.3 Å². The lowest BCUT2D eigenvalue weighted by Crippen LogP contribution is -2.55. The van der Waals surface area contributed by atoms with Crippen LogP contribution in [-0.4, -0.2) is 40.8 Å². The first-order valence-corrected chi connectivity index (χ1v) is 6.70. The summed E-state index contributed by atoms with van der Waals surface area (Å²) < 4.78 is 37.1. The van der Waals surface area contributed by atoms with Crippen molar-refractivity contribution in [3.8, 4) is 0 Å². The van der Waals surface area contributed by atoms with Crippen molar-refractivity contribution in [2.45, 2.75) is 58.4 Å². The van der Waals surface area contributed by atoms with Gasteiger partial charge in [-0.2, -0.15) is 13.2 Å². The molecule has 1 amide bonds. The molecule has 1 heterocycles. The molecule has 0 radical (unpaired) electrons. The van der Waals surface area contributed by atoms with Crippen molar-refractivity contribution in [3.05, 3.63) is 0 Å². The molecule has 1 saturated heterocycles. The van der Waals surface area contributed by atoms with E-state index in [1.807, 2.05) is 13.8 Å². The Bertz CT molecular complexity index is 318. The molecule has 4 unspecified atom stereocenters. The van der Waals surface area contributed by atoms with Gasteiger partial charge < -0.3 is 10.0 Å². The van der Waals surface area contributed by atoms with Crippen molar-refractivity contribution in [1.82, 2.24) is 4.90 Å². The SMILES string of the molecule is CCC1CC(C)C(C(C)O)N(C(=O)CC(F)(F)F)C1. The van der Waals surface area contributed by atoms with Crippen LogP contribution in [0.4, 0.5) is 13.2 Å². The number of carbonyl (C=O) groups is 1. The van der Waals surface area contributed by atoms with Crippen molar-refractivity contribution < 1.29 is 23.1 Å². The summed E-state index contributed by atoms with van der Waals surface area (Å²) in [6, 6.07) is -0.516. The molecule has 0 aromatic heterocycles. The second kappa shape index (κ2) is 6.11. The van der Waals surface area contributed by atoms with E-state index in [1.165, 1.54) is 11.8 Å². The summed E-state index contributed by atoms with van der Waals surface area (Å²) in [6.07, 6.45) is -5.10. The largest absolute Gasteiger partial charge is 0.397 e. The molecule has 0 saturated carbocycles. The molecule has 3 nitrogen and oxygen atoms in total. The van der Waals surface area contributed by atoms with Gasteiger partial charge in [-0.15, -0.1) is 0 Å². The topological polar surface area (TPSA) is 40.5 Å². The van der Waals surface area contributed by atoms with Gasteiger partial charge in [-0.3, -0.25) is 4.79 Å². The number of halogens is 3. The van der Waals surface area contributed by atoms with Crippen LogP contribution in [0.3, 0.4) is 0 Å². The van der Waals surface area contributed by atoms with Crippen LogP contribution in [0.25, 0.3) is 0 Å². The van der Waals surface area contributed by atoms with Crippen LogP contribution in [0.5, 0.6) is 0 Å². The average molecular weight is 281 g/mol. The van der Waals surface area contributed by atoms with Gasteiger partial charge in [0, 0.05) is 6.54 Å². The lowest BCUT2D eigenvalue weighted by Gasteiger charge is -2.45. The number of amides is 1. The normalized spacial score (nSPS) is 30.3. The second-order valence-electron chi connectivity index (χ2n) is 5.56. The molecular weight excluding hydrogens is 259 g/mol. The third-order valence-corrected chi connectivity index (χ3v) is 3.85. The van der Waals surface area contributed by atoms with Crippen LogP contribution in [0.1, 0.15) is 40.0 Å². The van der Waals surface area contributed by atoms with E-state index in [2.05, 4.69) is 0 Å². The minimum absolute atomic E-state index is 0.0101. The number of carbonyl (C=O) groups excluding carboxylic acids is 1. The van der Waals surface area contributed by atoms with Crippen LogP contribution < -0.4 is 0 Å². The second-order valence-corrected chi connectivity index (χ2v) is 5.56. The van der Waals surface area contributed by atoms with Gasteiger partial charge in [0.25, 0.3) is 0 Å². The molecular formula is C13H22F3NO2. The average Bonchev–Trinajstić information content (AvgIpc) is 2.24. The zero-order chi connectivity index (χ0) is 14.8. The zero-order valence-corrected chi connectivity index (χ0v) is 11.6. The summed E-state index contributed by atoms with van der Waals surface area (Å²) in [5, 5.41) is 9.75. The highest BCUT2D eigenvalue weighted by atomic mass is 19.4. The van der Waals surface area contributed by atoms with Gasteiger partial charge in [0.15, 0.2) is 0 Å². The quantitative estimate of drug-likeness (QED) is 0.863. The van der Waals surface area contributed by atoms with E-state index in [0.717, 1.165) is 12.8 Å². The lowest BCUT2D eigenvalue weighted by atomic mass is 9.81. The van der Waals surface area contributed by atoms with Gasteiger partial charge in [0.1, 0.15) is 6.42 Å². The molecule has 19 heavy (non-hydrogen) atoms. The molecule has 112 valence electrons. The van der Waals surface area contributed by atoms with Gasteiger partial charge >= 0.3 is 6.18 Å². The maximum atomic E-state index is 12.4. The molecule has 1 rings (SSSR count). The Morgan fingerprint density at radius 3 is 2.47 bits per heavy atom. The van der Waals surface area contributed by atoms with Gasteiger partial charge in [0.2, 0.25) is 5.91 Å². The molecule has 0 bridgehead atoms. The number of alkyl halides is 3. The highest BCUT2D eigenvalue weighted by Gasteiger charge is 2.41. The smallest absolute Gasteiger partial charge is 0.391 e. The number of aliphatic hydroxyl groups is 1. The minimum atomic E-state index is -4.50. The zero-order valence-electron chi connectivity index (χ0n) is 11.6. The summed E-state index contributed by atoms with van der Waals surface area (Å²) in [7, 11) is 0. The number of hydrogen-bond donors (Lipinski definition) is 1. The Morgan fingerprint density at radius 2 is 2.05 bits per heavy atom. The number of likely N-dealkylation sites (tertiary alicyclic amines) is 1. The van der Waals surface area contributed by atoms with E-state index in [1.54, 1.807) is 0 Å². The molecule has 0 spiro atoms. The molecule has 0 aromatic rings. The van der Waals surface area contributed by atoms with E-state index in [4.69, 9.17) is 0 Å². The first-order valence-electron chi connectivity index (χ1n) is 6.70. The van der Waals surface area contributed by atoms with Crippen LogP contribution in [-0.2, 0) is 4.79 Å². The molecule has 1 aliphatic rings. The summed E-state index contributed by atoms with van der Waals surface area (Å²) in [4.78, 5) is 13.1. The molecule has 1 N–H and O–H groups in total. The van der Waals surface area contributed by atoms with Crippen molar-refractivity contribution in [2.24, 2.45) is 11.8 Å². The highest BCUT2D eigenvalue weighted by molar-refractivity contribution is 5.77. The van der Waals surface area contributed by atoms with Gasteiger partial charge in [-0.25, -0.2) is 0 Å². The summed E-state index contributed by atoms with van der Waals surface area (Å²) in [5.41, 5.74) is 0. The van der Waals surface area contributed by atoms with E-state index in [9.17, 15) is 23.1 Å². The first kappa shape index (κ1) is 16.3. The standard InChI is InChI=1S/C13H22F3NO2/c1-4-10-5-8(2)12(9(3)18)17(7-10)11(19)6-13(14,15)16/h8-10,12,18H,4-7H2,1-3H3. The van der Waals surface area contributed by atoms with Crippen LogP contribution in [0, 0.1) is 11.8 Å². The fourth-order valence-corrected chi connectivity index (χ4v) is 3.02. The third-order valence-electron chi connectivity index (χ3n) is 3.85. The Hall–Kier alpha value is -0.780. The monoisotopic (exact) mass is 281 g/mol. The molecule has 6 heteroatoms. The fourth-order valence-electron chi connectivity index (χ4n) is 3.02. The predicted molar refractivity (Wildman–Crippen MR) is 65.4 cm³/mol. The van der Waals surface area contributed by atoms with Gasteiger partial charge in [-0.05, 0) is 25.2 Å². The third kappa shape index (κ3) is 4.37. The predicted octanol–water partition coefficient (Wildman–Crippen LogP) is 2.58. The fraction of sp³-hybridized carbons (Fsp3) is 0.923. The lowest BCUT2D eigenvalue weighted by molar-refractivity contribution is -0.168. The van der Waals surface area contributed by atoms with E-state index >= 15 is 0 Å². The molecule has 1 fully saturated rings. The minimum Gasteiger partial charge on any atom is -0.391 e. The molecule has 0 aliphatic carbocycles. The summed E-state index contributed by atoms with van der Waals surface area (Å²) in [6.45, 7) is 5.69. The van der Waals surface area contributed by atoms with E-state index in [0.29, 0.717) is 6.54 Å². The molecule has 0 aromatic carbocycles. The number of hydrogen-bond acceptors (Lipinski definition) is 2. The number of nitrogens with zero attached hydrogens (tertiary/aromatic N) is 1. The van der Waals surface area contributed by atoms with Crippen LogP contribution >= 0.6 is 0 Å². The molecule has 4 atom stereocenters. The van der Waals surface area contributed by atoms with Crippen molar-refractivity contribution >= 4 is 5.91 Å². The Labute approximate surface area is 111 Å². The maximum absolute atomic E-state index is 12.4. The Kier molecular flexibility index (Phi) is 5.24. The Balaban J connectivity index is 2.87. The van der Waals surface area contributed by atoms with Crippen molar-refractivity contribution in [3.63, 3.8) is 0 Å². The number of piperidine rings is 1. The Morgan fingerprint density at radius 1 is 1.47 bits per heavy atom.